The van der Waals surface area contributed by atoms with Gasteiger partial charge in [0, 0.05) is 15.2 Å². The van der Waals surface area contributed by atoms with Gasteiger partial charge in [0.1, 0.15) is 5.75 Å². The molecule has 0 heterocycles. The van der Waals surface area contributed by atoms with Crippen molar-refractivity contribution < 1.29 is 4.74 Å². The molecule has 0 atom stereocenters. The lowest BCUT2D eigenvalue weighted by Gasteiger charge is -2.26. The summed E-state index contributed by atoms with van der Waals surface area (Å²) in [6.07, 6.45) is 5.20. The summed E-state index contributed by atoms with van der Waals surface area (Å²) in [5.41, 5.74) is 0.340. The summed E-state index contributed by atoms with van der Waals surface area (Å²) in [6, 6.07) is 6.03. The van der Waals surface area contributed by atoms with Crippen LogP contribution < -0.4 is 4.74 Å². The standard InChI is InChI=1S/C13H15Br3O/c14-8-13(5-1-2-6-13)9-17-12-4-3-10(15)7-11(12)16/h3-4,7H,1-2,5-6,8-9H2. The number of hydrogen-bond donors (Lipinski definition) is 0. The van der Waals surface area contributed by atoms with Crippen molar-refractivity contribution in [3.63, 3.8) is 0 Å². The minimum absolute atomic E-state index is 0.340. The largest absolute Gasteiger partial charge is 0.492 e. The van der Waals surface area contributed by atoms with Crippen molar-refractivity contribution in [2.24, 2.45) is 5.41 Å². The fourth-order valence-electron chi connectivity index (χ4n) is 2.26. The minimum Gasteiger partial charge on any atom is -0.492 e. The van der Waals surface area contributed by atoms with Crippen LogP contribution in [0.25, 0.3) is 0 Å². The van der Waals surface area contributed by atoms with Gasteiger partial charge in [0.2, 0.25) is 0 Å². The quantitative estimate of drug-likeness (QED) is 0.574. The molecular weight excluding hydrogens is 412 g/mol. The van der Waals surface area contributed by atoms with Gasteiger partial charge < -0.3 is 4.74 Å². The molecule has 1 saturated carbocycles. The van der Waals surface area contributed by atoms with Gasteiger partial charge in [-0.15, -0.1) is 0 Å². The maximum absolute atomic E-state index is 5.97. The van der Waals surface area contributed by atoms with E-state index in [1.165, 1.54) is 25.7 Å². The zero-order valence-corrected chi connectivity index (χ0v) is 14.3. The van der Waals surface area contributed by atoms with Crippen molar-refractivity contribution in [1.29, 1.82) is 0 Å². The number of benzene rings is 1. The molecule has 1 aromatic rings. The Balaban J connectivity index is 2.01. The Morgan fingerprint density at radius 1 is 1.18 bits per heavy atom. The topological polar surface area (TPSA) is 9.23 Å². The molecular formula is C13H15Br3O. The number of hydrogen-bond acceptors (Lipinski definition) is 1. The Hall–Kier alpha value is 0.460. The van der Waals surface area contributed by atoms with Gasteiger partial charge in [0.25, 0.3) is 0 Å². The zero-order valence-electron chi connectivity index (χ0n) is 9.52. The molecule has 1 aliphatic carbocycles. The van der Waals surface area contributed by atoms with E-state index in [-0.39, 0.29) is 0 Å². The van der Waals surface area contributed by atoms with Crippen LogP contribution in [0.5, 0.6) is 5.75 Å². The van der Waals surface area contributed by atoms with Crippen LogP contribution >= 0.6 is 47.8 Å². The van der Waals surface area contributed by atoms with Crippen molar-refractivity contribution in [3.8, 4) is 5.75 Å². The molecule has 0 spiro atoms. The van der Waals surface area contributed by atoms with Gasteiger partial charge >= 0.3 is 0 Å². The molecule has 17 heavy (non-hydrogen) atoms. The molecule has 0 amide bonds. The molecule has 0 N–H and O–H groups in total. The van der Waals surface area contributed by atoms with Crippen molar-refractivity contribution in [3.05, 3.63) is 27.1 Å². The number of alkyl halides is 1. The molecule has 1 aromatic carbocycles. The molecule has 1 nitrogen and oxygen atoms in total. The van der Waals surface area contributed by atoms with E-state index in [1.807, 2.05) is 18.2 Å². The number of rotatable bonds is 4. The van der Waals surface area contributed by atoms with Gasteiger partial charge in [-0.2, -0.15) is 0 Å². The predicted molar refractivity (Wildman–Crippen MR) is 82.0 cm³/mol. The number of halogens is 3. The number of ether oxygens (including phenoxy) is 1. The highest BCUT2D eigenvalue weighted by Gasteiger charge is 2.33. The average Bonchev–Trinajstić information content (AvgIpc) is 2.77. The molecule has 0 unspecified atom stereocenters. The molecule has 4 heteroatoms. The highest BCUT2D eigenvalue weighted by molar-refractivity contribution is 9.11. The van der Waals surface area contributed by atoms with E-state index < -0.39 is 0 Å². The second kappa shape index (κ2) is 6.07. The molecule has 0 bridgehead atoms. The monoisotopic (exact) mass is 424 g/mol. The molecule has 0 radical (unpaired) electrons. The van der Waals surface area contributed by atoms with E-state index >= 15 is 0 Å². The Bertz CT molecular complexity index is 386. The molecule has 2 rings (SSSR count). The van der Waals surface area contributed by atoms with Crippen LogP contribution in [0.1, 0.15) is 25.7 Å². The molecule has 0 aliphatic heterocycles. The Morgan fingerprint density at radius 2 is 1.88 bits per heavy atom. The van der Waals surface area contributed by atoms with Crippen LogP contribution in [-0.2, 0) is 0 Å². The first kappa shape index (κ1) is 13.9. The van der Waals surface area contributed by atoms with Crippen LogP contribution in [0.15, 0.2) is 27.1 Å². The van der Waals surface area contributed by atoms with Crippen LogP contribution in [0.2, 0.25) is 0 Å². The summed E-state index contributed by atoms with van der Waals surface area (Å²) in [5, 5.41) is 1.04. The summed E-state index contributed by atoms with van der Waals surface area (Å²) < 4.78 is 8.04. The average molecular weight is 427 g/mol. The van der Waals surface area contributed by atoms with E-state index in [2.05, 4.69) is 47.8 Å². The van der Waals surface area contributed by atoms with Gasteiger partial charge in [-0.3, -0.25) is 0 Å². The molecule has 0 saturated heterocycles. The van der Waals surface area contributed by atoms with Crippen molar-refractivity contribution in [1.82, 2.24) is 0 Å². The van der Waals surface area contributed by atoms with Crippen LogP contribution in [-0.4, -0.2) is 11.9 Å². The maximum Gasteiger partial charge on any atom is 0.133 e. The third-order valence-corrected chi connectivity index (χ3v) is 5.68. The first-order valence-electron chi connectivity index (χ1n) is 5.79. The Labute approximate surface area is 128 Å². The second-order valence-corrected chi connectivity index (χ2v) is 7.03. The lowest BCUT2D eigenvalue weighted by atomic mass is 9.90. The summed E-state index contributed by atoms with van der Waals surface area (Å²) in [5.74, 6) is 0.931. The first-order chi connectivity index (χ1) is 8.15. The van der Waals surface area contributed by atoms with Gasteiger partial charge in [-0.05, 0) is 47.0 Å². The first-order valence-corrected chi connectivity index (χ1v) is 8.50. The highest BCUT2D eigenvalue weighted by atomic mass is 79.9. The van der Waals surface area contributed by atoms with E-state index in [0.29, 0.717) is 5.41 Å². The SMILES string of the molecule is BrCC1(COc2ccc(Br)cc2Br)CCCC1. The summed E-state index contributed by atoms with van der Waals surface area (Å²) >= 11 is 10.6. The van der Waals surface area contributed by atoms with Crippen LogP contribution in [0, 0.1) is 5.41 Å². The Morgan fingerprint density at radius 3 is 2.47 bits per heavy atom. The smallest absolute Gasteiger partial charge is 0.133 e. The third-order valence-electron chi connectivity index (χ3n) is 3.38. The van der Waals surface area contributed by atoms with Gasteiger partial charge in [-0.1, -0.05) is 44.7 Å². The third kappa shape index (κ3) is 3.48. The fourth-order valence-corrected chi connectivity index (χ4v) is 4.15. The zero-order chi connectivity index (χ0) is 12.3. The summed E-state index contributed by atoms with van der Waals surface area (Å²) in [7, 11) is 0. The lowest BCUT2D eigenvalue weighted by molar-refractivity contribution is 0.173. The predicted octanol–water partition coefficient (Wildman–Crippen LogP) is 5.55. The summed E-state index contributed by atoms with van der Waals surface area (Å²) in [6.45, 7) is 0.804. The van der Waals surface area contributed by atoms with Crippen LogP contribution in [0.4, 0.5) is 0 Å². The maximum atomic E-state index is 5.97. The van der Waals surface area contributed by atoms with Gasteiger partial charge in [0.05, 0.1) is 11.1 Å². The lowest BCUT2D eigenvalue weighted by Crippen LogP contribution is -2.27. The second-order valence-electron chi connectivity index (χ2n) is 4.70. The minimum atomic E-state index is 0.340. The van der Waals surface area contributed by atoms with Gasteiger partial charge in [0.15, 0.2) is 0 Å². The molecule has 1 fully saturated rings. The van der Waals surface area contributed by atoms with Gasteiger partial charge in [-0.25, -0.2) is 0 Å². The normalized spacial score (nSPS) is 18.3. The molecule has 94 valence electrons. The van der Waals surface area contributed by atoms with E-state index in [0.717, 1.165) is 26.6 Å². The molecule has 1 aliphatic rings. The highest BCUT2D eigenvalue weighted by Crippen LogP contribution is 2.40. The van der Waals surface area contributed by atoms with Crippen molar-refractivity contribution in [2.45, 2.75) is 25.7 Å². The van der Waals surface area contributed by atoms with Crippen molar-refractivity contribution in [2.75, 3.05) is 11.9 Å². The van der Waals surface area contributed by atoms with Crippen LogP contribution in [0.3, 0.4) is 0 Å². The van der Waals surface area contributed by atoms with E-state index in [4.69, 9.17) is 4.74 Å². The summed E-state index contributed by atoms with van der Waals surface area (Å²) in [4.78, 5) is 0. The van der Waals surface area contributed by atoms with E-state index in [9.17, 15) is 0 Å². The van der Waals surface area contributed by atoms with Crippen molar-refractivity contribution >= 4 is 47.8 Å². The van der Waals surface area contributed by atoms with E-state index in [1.54, 1.807) is 0 Å². The Kier molecular flexibility index (Phi) is 4.96. The molecule has 0 aromatic heterocycles. The fraction of sp³-hybridized carbons (Fsp3) is 0.538.